The summed E-state index contributed by atoms with van der Waals surface area (Å²) in [6.45, 7) is 1.65. The molecule has 52 valence electrons. The molecule has 0 aromatic rings. The number of methoxy groups -OCH3 is 1. The van der Waals surface area contributed by atoms with Gasteiger partial charge in [0.25, 0.3) is 0 Å². The van der Waals surface area contributed by atoms with E-state index in [-0.39, 0.29) is 0 Å². The van der Waals surface area contributed by atoms with E-state index in [0.717, 1.165) is 12.8 Å². The zero-order chi connectivity index (χ0) is 6.85. The van der Waals surface area contributed by atoms with Crippen molar-refractivity contribution in [3.05, 3.63) is 0 Å². The normalized spacial score (nSPS) is 33.6. The summed E-state index contributed by atoms with van der Waals surface area (Å²) in [6, 6.07) is 0. The van der Waals surface area contributed by atoms with Crippen LogP contribution in [0.25, 0.3) is 0 Å². The Bertz CT molecular complexity index is 114. The standard InChI is InChI=1S/C7H12O2/c1-5(8)6-3-7(4-6)9-2/h6-7H,3-4H2,1-2H3. The van der Waals surface area contributed by atoms with Gasteiger partial charge in [0.15, 0.2) is 0 Å². The van der Waals surface area contributed by atoms with E-state index in [1.807, 2.05) is 0 Å². The van der Waals surface area contributed by atoms with Gasteiger partial charge in [-0.2, -0.15) is 0 Å². The van der Waals surface area contributed by atoms with Crippen LogP contribution >= 0.6 is 0 Å². The van der Waals surface area contributed by atoms with Crippen LogP contribution in [0.1, 0.15) is 19.8 Å². The molecule has 0 atom stereocenters. The Kier molecular flexibility index (Phi) is 1.86. The lowest BCUT2D eigenvalue weighted by molar-refractivity contribution is -0.128. The fourth-order valence-corrected chi connectivity index (χ4v) is 1.09. The number of Topliss-reactive ketones (excluding diaryl/α,β-unsaturated/α-hetero) is 1. The molecule has 1 rings (SSSR count). The minimum atomic E-state index is 0.301. The SMILES string of the molecule is COC1CC(C(C)=O)C1. The average molecular weight is 128 g/mol. The van der Waals surface area contributed by atoms with Crippen LogP contribution in [0.2, 0.25) is 0 Å². The molecule has 1 aliphatic carbocycles. The van der Waals surface area contributed by atoms with E-state index in [2.05, 4.69) is 0 Å². The van der Waals surface area contributed by atoms with E-state index in [0.29, 0.717) is 17.8 Å². The lowest BCUT2D eigenvalue weighted by atomic mass is 9.80. The Hall–Kier alpha value is -0.370. The van der Waals surface area contributed by atoms with Gasteiger partial charge in [-0.3, -0.25) is 4.79 Å². The van der Waals surface area contributed by atoms with Gasteiger partial charge in [0.05, 0.1) is 6.10 Å². The monoisotopic (exact) mass is 128 g/mol. The third kappa shape index (κ3) is 1.30. The molecule has 0 radical (unpaired) electrons. The molecule has 0 bridgehead atoms. The largest absolute Gasteiger partial charge is 0.381 e. The van der Waals surface area contributed by atoms with E-state index in [1.165, 1.54) is 0 Å². The number of carbonyl (C=O) groups is 1. The molecular weight excluding hydrogens is 116 g/mol. The van der Waals surface area contributed by atoms with Crippen molar-refractivity contribution in [1.82, 2.24) is 0 Å². The summed E-state index contributed by atoms with van der Waals surface area (Å²) >= 11 is 0. The number of rotatable bonds is 2. The van der Waals surface area contributed by atoms with Crippen LogP contribution in [0.15, 0.2) is 0 Å². The highest BCUT2D eigenvalue weighted by atomic mass is 16.5. The Morgan fingerprint density at radius 2 is 2.11 bits per heavy atom. The maximum atomic E-state index is 10.6. The van der Waals surface area contributed by atoms with Crippen molar-refractivity contribution in [3.63, 3.8) is 0 Å². The number of carbonyl (C=O) groups excluding carboxylic acids is 1. The van der Waals surface area contributed by atoms with Crippen molar-refractivity contribution in [2.75, 3.05) is 7.11 Å². The second-order valence-corrected chi connectivity index (χ2v) is 2.64. The third-order valence-electron chi connectivity index (χ3n) is 2.00. The maximum Gasteiger partial charge on any atom is 0.133 e. The minimum Gasteiger partial charge on any atom is -0.381 e. The lowest BCUT2D eigenvalue weighted by Gasteiger charge is -2.31. The molecule has 0 unspecified atom stereocenters. The molecule has 0 aromatic carbocycles. The summed E-state index contributed by atoms with van der Waals surface area (Å²) in [4.78, 5) is 10.6. The zero-order valence-corrected chi connectivity index (χ0v) is 5.89. The van der Waals surface area contributed by atoms with Crippen LogP contribution in [0.3, 0.4) is 0 Å². The van der Waals surface area contributed by atoms with Crippen LogP contribution in [0.4, 0.5) is 0 Å². The second-order valence-electron chi connectivity index (χ2n) is 2.64. The van der Waals surface area contributed by atoms with E-state index in [1.54, 1.807) is 14.0 Å². The first-order valence-electron chi connectivity index (χ1n) is 3.27. The van der Waals surface area contributed by atoms with Crippen molar-refractivity contribution < 1.29 is 9.53 Å². The topological polar surface area (TPSA) is 26.3 Å². The van der Waals surface area contributed by atoms with Crippen LogP contribution in [0.5, 0.6) is 0 Å². The van der Waals surface area contributed by atoms with Gasteiger partial charge in [0.1, 0.15) is 5.78 Å². The van der Waals surface area contributed by atoms with Crippen LogP contribution in [-0.2, 0) is 9.53 Å². The molecule has 2 heteroatoms. The molecule has 0 aromatic heterocycles. The van der Waals surface area contributed by atoms with Crippen molar-refractivity contribution >= 4 is 5.78 Å². The molecule has 0 spiro atoms. The summed E-state index contributed by atoms with van der Waals surface area (Å²) in [5.41, 5.74) is 0. The highest BCUT2D eigenvalue weighted by molar-refractivity contribution is 5.79. The molecular formula is C7H12O2. The summed E-state index contributed by atoms with van der Waals surface area (Å²) < 4.78 is 5.01. The summed E-state index contributed by atoms with van der Waals surface area (Å²) in [5.74, 6) is 0.609. The summed E-state index contributed by atoms with van der Waals surface area (Å²) in [6.07, 6.45) is 2.23. The molecule has 0 aliphatic heterocycles. The Labute approximate surface area is 55.2 Å². The van der Waals surface area contributed by atoms with E-state index in [9.17, 15) is 4.79 Å². The maximum absolute atomic E-state index is 10.6. The smallest absolute Gasteiger partial charge is 0.133 e. The van der Waals surface area contributed by atoms with Gasteiger partial charge in [0.2, 0.25) is 0 Å². The molecule has 1 aliphatic rings. The molecule has 0 N–H and O–H groups in total. The molecule has 0 amide bonds. The number of hydrogen-bond donors (Lipinski definition) is 0. The first-order chi connectivity index (χ1) is 4.24. The molecule has 0 saturated heterocycles. The van der Waals surface area contributed by atoms with Crippen molar-refractivity contribution in [2.45, 2.75) is 25.9 Å². The molecule has 2 nitrogen and oxygen atoms in total. The highest BCUT2D eigenvalue weighted by Gasteiger charge is 2.31. The van der Waals surface area contributed by atoms with Crippen molar-refractivity contribution in [2.24, 2.45) is 5.92 Å². The summed E-state index contributed by atoms with van der Waals surface area (Å²) in [7, 11) is 1.70. The van der Waals surface area contributed by atoms with Gasteiger partial charge >= 0.3 is 0 Å². The fraction of sp³-hybridized carbons (Fsp3) is 0.857. The fourth-order valence-electron chi connectivity index (χ4n) is 1.09. The van der Waals surface area contributed by atoms with Gasteiger partial charge in [-0.05, 0) is 19.8 Å². The number of hydrogen-bond acceptors (Lipinski definition) is 2. The third-order valence-corrected chi connectivity index (χ3v) is 2.00. The van der Waals surface area contributed by atoms with Crippen molar-refractivity contribution in [1.29, 1.82) is 0 Å². The van der Waals surface area contributed by atoms with Crippen LogP contribution in [-0.4, -0.2) is 19.0 Å². The number of ether oxygens (including phenoxy) is 1. The summed E-state index contributed by atoms with van der Waals surface area (Å²) in [5, 5.41) is 0. The van der Waals surface area contributed by atoms with Crippen LogP contribution in [0, 0.1) is 5.92 Å². The van der Waals surface area contributed by atoms with Gasteiger partial charge in [0, 0.05) is 13.0 Å². The predicted molar refractivity (Wildman–Crippen MR) is 34.2 cm³/mol. The van der Waals surface area contributed by atoms with Crippen molar-refractivity contribution in [3.8, 4) is 0 Å². The first kappa shape index (κ1) is 6.75. The van der Waals surface area contributed by atoms with Gasteiger partial charge < -0.3 is 4.74 Å². The van der Waals surface area contributed by atoms with E-state index >= 15 is 0 Å². The minimum absolute atomic E-state index is 0.301. The molecule has 0 heterocycles. The van der Waals surface area contributed by atoms with Gasteiger partial charge in [-0.15, -0.1) is 0 Å². The molecule has 1 saturated carbocycles. The second kappa shape index (κ2) is 2.48. The first-order valence-corrected chi connectivity index (χ1v) is 3.27. The van der Waals surface area contributed by atoms with E-state index < -0.39 is 0 Å². The molecule has 9 heavy (non-hydrogen) atoms. The zero-order valence-electron chi connectivity index (χ0n) is 5.89. The Morgan fingerprint density at radius 1 is 1.56 bits per heavy atom. The Morgan fingerprint density at radius 3 is 2.44 bits per heavy atom. The lowest BCUT2D eigenvalue weighted by Crippen LogP contribution is -2.34. The van der Waals surface area contributed by atoms with E-state index in [4.69, 9.17) is 4.74 Å². The van der Waals surface area contributed by atoms with Gasteiger partial charge in [-0.1, -0.05) is 0 Å². The highest BCUT2D eigenvalue weighted by Crippen LogP contribution is 2.29. The molecule has 1 fully saturated rings. The quantitative estimate of drug-likeness (QED) is 0.554. The average Bonchev–Trinajstić information content (AvgIpc) is 1.61. The Balaban J connectivity index is 2.19. The van der Waals surface area contributed by atoms with Gasteiger partial charge in [-0.25, -0.2) is 0 Å². The number of ketones is 1. The van der Waals surface area contributed by atoms with Crippen LogP contribution < -0.4 is 0 Å². The predicted octanol–water partition coefficient (Wildman–Crippen LogP) is 1.00.